The second kappa shape index (κ2) is 11.2. The molecule has 0 aromatic carbocycles. The number of nitrogens with one attached hydrogen (secondary N) is 2. The van der Waals surface area contributed by atoms with E-state index in [0.717, 1.165) is 37.3 Å². The molecule has 0 amide bonds. The Balaban J connectivity index is 2.23. The predicted octanol–water partition coefficient (Wildman–Crippen LogP) is 2.89. The summed E-state index contributed by atoms with van der Waals surface area (Å²) in [6.07, 6.45) is 7.15. The van der Waals surface area contributed by atoms with E-state index in [-0.39, 0.29) is 0 Å². The zero-order valence-corrected chi connectivity index (χ0v) is 15.0. The first-order valence-corrected chi connectivity index (χ1v) is 9.59. The van der Waals surface area contributed by atoms with Crippen LogP contribution in [-0.4, -0.2) is 49.8 Å². The Bertz CT molecular complexity index is 297. The highest BCUT2D eigenvalue weighted by Crippen LogP contribution is 2.27. The van der Waals surface area contributed by atoms with E-state index < -0.39 is 0 Å². The van der Waals surface area contributed by atoms with Crippen molar-refractivity contribution >= 4 is 17.7 Å². The van der Waals surface area contributed by atoms with E-state index in [2.05, 4.69) is 42.7 Å². The van der Waals surface area contributed by atoms with Gasteiger partial charge in [-0.15, -0.1) is 0 Å². The highest BCUT2D eigenvalue weighted by molar-refractivity contribution is 7.99. The van der Waals surface area contributed by atoms with Crippen molar-refractivity contribution in [1.29, 1.82) is 0 Å². The van der Waals surface area contributed by atoms with Crippen molar-refractivity contribution in [2.24, 2.45) is 10.9 Å². The summed E-state index contributed by atoms with van der Waals surface area (Å²) in [7, 11) is 0. The molecule has 124 valence electrons. The molecule has 0 radical (unpaired) electrons. The molecular weight excluding hydrogens is 282 g/mol. The third kappa shape index (κ3) is 8.57. The second-order valence-corrected chi connectivity index (χ2v) is 7.21. The lowest BCUT2D eigenvalue weighted by Gasteiger charge is -2.17. The van der Waals surface area contributed by atoms with Crippen LogP contribution in [0.4, 0.5) is 0 Å². The van der Waals surface area contributed by atoms with Crippen molar-refractivity contribution < 1.29 is 4.74 Å². The second-order valence-electron chi connectivity index (χ2n) is 6.07. The molecule has 1 aliphatic rings. The molecule has 1 saturated carbocycles. The largest absolute Gasteiger partial charge is 0.380 e. The fraction of sp³-hybridized carbons (Fsp3) is 0.938. The van der Waals surface area contributed by atoms with Gasteiger partial charge in [-0.25, -0.2) is 0 Å². The van der Waals surface area contributed by atoms with Crippen molar-refractivity contribution in [3.8, 4) is 0 Å². The Hall–Kier alpha value is -0.420. The summed E-state index contributed by atoms with van der Waals surface area (Å²) in [4.78, 5) is 4.61. The van der Waals surface area contributed by atoms with Crippen LogP contribution in [0.25, 0.3) is 0 Å². The standard InChI is InChI=1S/C16H33N3OS/c1-5-17-16(18-9-11-20-10-8-13(2)3)19-14-6-7-15(12-14)21-4/h13-15H,5-12H2,1-4H3,(H2,17,18,19). The zero-order chi connectivity index (χ0) is 15.5. The Labute approximate surface area is 134 Å². The van der Waals surface area contributed by atoms with Gasteiger partial charge in [0.25, 0.3) is 0 Å². The van der Waals surface area contributed by atoms with Crippen molar-refractivity contribution in [2.45, 2.75) is 57.7 Å². The summed E-state index contributed by atoms with van der Waals surface area (Å²) in [5.41, 5.74) is 0. The zero-order valence-electron chi connectivity index (χ0n) is 14.2. The number of guanidine groups is 1. The smallest absolute Gasteiger partial charge is 0.191 e. The third-order valence-electron chi connectivity index (χ3n) is 3.75. The van der Waals surface area contributed by atoms with Gasteiger partial charge in [0.2, 0.25) is 0 Å². The highest BCUT2D eigenvalue weighted by atomic mass is 32.2. The topological polar surface area (TPSA) is 45.7 Å². The lowest BCUT2D eigenvalue weighted by atomic mass is 10.1. The molecule has 1 aliphatic carbocycles. The first kappa shape index (κ1) is 18.6. The first-order valence-electron chi connectivity index (χ1n) is 8.31. The molecule has 2 atom stereocenters. The maximum absolute atomic E-state index is 5.61. The summed E-state index contributed by atoms with van der Waals surface area (Å²) < 4.78 is 5.61. The maximum atomic E-state index is 5.61. The van der Waals surface area contributed by atoms with E-state index >= 15 is 0 Å². The van der Waals surface area contributed by atoms with Crippen LogP contribution in [0.15, 0.2) is 4.99 Å². The molecule has 2 unspecified atom stereocenters. The molecule has 0 saturated heterocycles. The third-order valence-corrected chi connectivity index (χ3v) is 4.84. The van der Waals surface area contributed by atoms with Gasteiger partial charge < -0.3 is 15.4 Å². The molecular formula is C16H33N3OS. The van der Waals surface area contributed by atoms with Crippen molar-refractivity contribution in [3.63, 3.8) is 0 Å². The minimum Gasteiger partial charge on any atom is -0.380 e. The quantitative estimate of drug-likeness (QED) is 0.390. The molecule has 21 heavy (non-hydrogen) atoms. The number of aliphatic imine (C=N–C) groups is 1. The van der Waals surface area contributed by atoms with Gasteiger partial charge in [-0.1, -0.05) is 13.8 Å². The van der Waals surface area contributed by atoms with Gasteiger partial charge in [-0.05, 0) is 44.8 Å². The first-order chi connectivity index (χ1) is 10.2. The van der Waals surface area contributed by atoms with Gasteiger partial charge in [-0.2, -0.15) is 11.8 Å². The van der Waals surface area contributed by atoms with Crippen LogP contribution in [0.2, 0.25) is 0 Å². The van der Waals surface area contributed by atoms with Gasteiger partial charge in [0.05, 0.1) is 13.2 Å². The minimum atomic E-state index is 0.571. The van der Waals surface area contributed by atoms with Crippen LogP contribution in [0, 0.1) is 5.92 Å². The van der Waals surface area contributed by atoms with Crippen molar-refractivity contribution in [3.05, 3.63) is 0 Å². The Morgan fingerprint density at radius 1 is 1.33 bits per heavy atom. The molecule has 0 aromatic heterocycles. The summed E-state index contributed by atoms with van der Waals surface area (Å²) in [5.74, 6) is 1.65. The number of nitrogens with zero attached hydrogens (tertiary/aromatic N) is 1. The molecule has 0 aliphatic heterocycles. The van der Waals surface area contributed by atoms with Crippen LogP contribution < -0.4 is 10.6 Å². The Morgan fingerprint density at radius 3 is 2.76 bits per heavy atom. The summed E-state index contributed by atoms with van der Waals surface area (Å²) in [5, 5.41) is 7.70. The lowest BCUT2D eigenvalue weighted by molar-refractivity contribution is 0.130. The predicted molar refractivity (Wildman–Crippen MR) is 94.3 cm³/mol. The lowest BCUT2D eigenvalue weighted by Crippen LogP contribution is -2.42. The monoisotopic (exact) mass is 315 g/mol. The van der Waals surface area contributed by atoms with E-state index in [1.807, 2.05) is 11.8 Å². The molecule has 4 nitrogen and oxygen atoms in total. The van der Waals surface area contributed by atoms with E-state index in [0.29, 0.717) is 18.6 Å². The number of hydrogen-bond donors (Lipinski definition) is 2. The van der Waals surface area contributed by atoms with E-state index in [1.165, 1.54) is 19.3 Å². The Kier molecular flexibility index (Phi) is 9.92. The number of ether oxygens (including phenoxy) is 1. The van der Waals surface area contributed by atoms with E-state index in [1.54, 1.807) is 0 Å². The SMILES string of the molecule is CCNC(=NCCOCCC(C)C)NC1CCC(SC)C1. The van der Waals surface area contributed by atoms with Crippen LogP contribution >= 0.6 is 11.8 Å². The fourth-order valence-electron chi connectivity index (χ4n) is 2.44. The average Bonchev–Trinajstić information content (AvgIpc) is 2.90. The molecule has 0 spiro atoms. The van der Waals surface area contributed by atoms with E-state index in [9.17, 15) is 0 Å². The molecule has 0 bridgehead atoms. The molecule has 5 heteroatoms. The van der Waals surface area contributed by atoms with E-state index in [4.69, 9.17) is 4.74 Å². The van der Waals surface area contributed by atoms with Crippen LogP contribution in [0.3, 0.4) is 0 Å². The van der Waals surface area contributed by atoms with Gasteiger partial charge in [0.1, 0.15) is 0 Å². The molecule has 2 N–H and O–H groups in total. The van der Waals surface area contributed by atoms with Gasteiger partial charge in [0.15, 0.2) is 5.96 Å². The van der Waals surface area contributed by atoms with Crippen LogP contribution in [0.1, 0.15) is 46.5 Å². The molecule has 0 heterocycles. The average molecular weight is 316 g/mol. The van der Waals surface area contributed by atoms with Crippen LogP contribution in [-0.2, 0) is 4.74 Å². The van der Waals surface area contributed by atoms with Gasteiger partial charge >= 0.3 is 0 Å². The molecule has 1 fully saturated rings. The normalized spacial score (nSPS) is 22.8. The van der Waals surface area contributed by atoms with Gasteiger partial charge in [-0.3, -0.25) is 4.99 Å². The fourth-order valence-corrected chi connectivity index (χ4v) is 3.24. The number of rotatable bonds is 9. The summed E-state index contributed by atoms with van der Waals surface area (Å²) >= 11 is 1.99. The number of hydrogen-bond acceptors (Lipinski definition) is 3. The highest BCUT2D eigenvalue weighted by Gasteiger charge is 2.24. The van der Waals surface area contributed by atoms with Crippen molar-refractivity contribution in [2.75, 3.05) is 32.6 Å². The summed E-state index contributed by atoms with van der Waals surface area (Å²) in [6.45, 7) is 9.73. The Morgan fingerprint density at radius 2 is 2.14 bits per heavy atom. The molecule has 0 aromatic rings. The molecule has 1 rings (SSSR count). The van der Waals surface area contributed by atoms with Gasteiger partial charge in [0, 0.05) is 24.4 Å². The van der Waals surface area contributed by atoms with Crippen LogP contribution in [0.5, 0.6) is 0 Å². The van der Waals surface area contributed by atoms with Crippen molar-refractivity contribution in [1.82, 2.24) is 10.6 Å². The summed E-state index contributed by atoms with van der Waals surface area (Å²) in [6, 6.07) is 0.571. The maximum Gasteiger partial charge on any atom is 0.191 e. The minimum absolute atomic E-state index is 0.571. The number of thioether (sulfide) groups is 1.